The first-order valence-corrected chi connectivity index (χ1v) is 9.91. The third-order valence-corrected chi connectivity index (χ3v) is 5.00. The van der Waals surface area contributed by atoms with Crippen LogP contribution in [-0.2, 0) is 6.42 Å². The summed E-state index contributed by atoms with van der Waals surface area (Å²) in [6.45, 7) is 1.69. The number of aromatic amines is 1. The Morgan fingerprint density at radius 3 is 2.84 bits per heavy atom. The van der Waals surface area contributed by atoms with Gasteiger partial charge < -0.3 is 25.3 Å². The molecule has 0 saturated carbocycles. The summed E-state index contributed by atoms with van der Waals surface area (Å²) in [6, 6.07) is 5.30. The Morgan fingerprint density at radius 2 is 2.06 bits per heavy atom. The second-order valence-corrected chi connectivity index (χ2v) is 7.51. The van der Waals surface area contributed by atoms with E-state index in [-0.39, 0.29) is 5.91 Å². The van der Waals surface area contributed by atoms with Crippen LogP contribution >= 0.6 is 0 Å². The second-order valence-electron chi connectivity index (χ2n) is 7.51. The fraction of sp³-hybridized carbons (Fsp3) is 0.273. The van der Waals surface area contributed by atoms with Gasteiger partial charge >= 0.3 is 0 Å². The van der Waals surface area contributed by atoms with Gasteiger partial charge in [0.15, 0.2) is 11.6 Å². The molecule has 7 nitrogen and oxygen atoms in total. The minimum atomic E-state index is -0.975. The molecule has 4 rings (SSSR count). The number of pyridine rings is 1. The van der Waals surface area contributed by atoms with Crippen LogP contribution in [0.4, 0.5) is 20.2 Å². The normalized spacial score (nSPS) is 13.1. The average Bonchev–Trinajstić information content (AvgIpc) is 3.10. The van der Waals surface area contributed by atoms with E-state index in [1.165, 1.54) is 6.07 Å². The zero-order valence-corrected chi connectivity index (χ0v) is 17.3. The maximum absolute atomic E-state index is 13.8. The molecule has 3 N–H and O–H groups in total. The zero-order chi connectivity index (χ0) is 22.0. The van der Waals surface area contributed by atoms with Crippen molar-refractivity contribution in [2.45, 2.75) is 6.42 Å². The van der Waals surface area contributed by atoms with Crippen molar-refractivity contribution in [3.8, 4) is 17.0 Å². The van der Waals surface area contributed by atoms with Crippen molar-refractivity contribution in [2.24, 2.45) is 0 Å². The zero-order valence-electron chi connectivity index (χ0n) is 17.3. The number of nitrogens with zero attached hydrogens (tertiary/aromatic N) is 2. The summed E-state index contributed by atoms with van der Waals surface area (Å²) in [4.78, 5) is 22.1. The SMILES string of the molecule is CN(C)CCOc1cnccc1-c1[nH]c2c(c1Nc1ccc(F)c(F)c1)C(=O)NCC2. The van der Waals surface area contributed by atoms with Gasteiger partial charge in [0.05, 0.1) is 23.1 Å². The summed E-state index contributed by atoms with van der Waals surface area (Å²) in [7, 11) is 3.91. The van der Waals surface area contributed by atoms with Gasteiger partial charge in [-0.25, -0.2) is 8.78 Å². The van der Waals surface area contributed by atoms with Crippen molar-refractivity contribution in [2.75, 3.05) is 39.1 Å². The molecule has 1 aliphatic heterocycles. The number of hydrogen-bond donors (Lipinski definition) is 3. The van der Waals surface area contributed by atoms with Gasteiger partial charge in [-0.05, 0) is 32.3 Å². The number of H-pyrrole nitrogens is 1. The number of ether oxygens (including phenoxy) is 1. The number of rotatable bonds is 7. The van der Waals surface area contributed by atoms with Crippen molar-refractivity contribution in [3.05, 3.63) is 59.6 Å². The molecule has 0 aliphatic carbocycles. The minimum Gasteiger partial charge on any atom is -0.490 e. The van der Waals surface area contributed by atoms with Gasteiger partial charge in [0.1, 0.15) is 12.4 Å². The number of carbonyl (C=O) groups is 1. The van der Waals surface area contributed by atoms with Gasteiger partial charge in [-0.3, -0.25) is 9.78 Å². The standard InChI is InChI=1S/C22H23F2N5O2/c1-29(2)9-10-31-18-12-25-7-5-14(18)20-21(19-17(28-20)6-8-26-22(19)30)27-13-3-4-15(23)16(24)11-13/h3-5,7,11-12,27-28H,6,8-10H2,1-2H3,(H,26,30). The average molecular weight is 427 g/mol. The van der Waals surface area contributed by atoms with E-state index in [1.807, 2.05) is 19.0 Å². The molecule has 2 aromatic heterocycles. The molecule has 0 saturated heterocycles. The van der Waals surface area contributed by atoms with E-state index in [0.29, 0.717) is 53.5 Å². The number of benzene rings is 1. The lowest BCUT2D eigenvalue weighted by atomic mass is 10.0. The predicted molar refractivity (Wildman–Crippen MR) is 114 cm³/mol. The molecule has 9 heteroatoms. The quantitative estimate of drug-likeness (QED) is 0.539. The van der Waals surface area contributed by atoms with Gasteiger partial charge in [0.2, 0.25) is 0 Å². The van der Waals surface area contributed by atoms with E-state index in [2.05, 4.69) is 20.6 Å². The molecule has 0 spiro atoms. The summed E-state index contributed by atoms with van der Waals surface area (Å²) in [5.41, 5.74) is 3.34. The maximum atomic E-state index is 13.8. The van der Waals surface area contributed by atoms with Gasteiger partial charge in [0.25, 0.3) is 5.91 Å². The second kappa shape index (κ2) is 8.73. The molecule has 0 atom stereocenters. The first-order chi connectivity index (χ1) is 14.9. The molecule has 162 valence electrons. The topological polar surface area (TPSA) is 82.3 Å². The fourth-order valence-electron chi connectivity index (χ4n) is 3.46. The van der Waals surface area contributed by atoms with Crippen molar-refractivity contribution in [1.82, 2.24) is 20.2 Å². The highest BCUT2D eigenvalue weighted by atomic mass is 19.2. The van der Waals surface area contributed by atoms with E-state index in [4.69, 9.17) is 4.74 Å². The molecule has 1 aromatic carbocycles. The lowest BCUT2D eigenvalue weighted by molar-refractivity contribution is 0.0947. The van der Waals surface area contributed by atoms with Crippen LogP contribution < -0.4 is 15.4 Å². The van der Waals surface area contributed by atoms with Crippen molar-refractivity contribution in [1.29, 1.82) is 0 Å². The third kappa shape index (κ3) is 4.36. The molecule has 3 aromatic rings. The van der Waals surface area contributed by atoms with Gasteiger partial charge in [-0.2, -0.15) is 0 Å². The fourth-order valence-corrected chi connectivity index (χ4v) is 3.46. The number of fused-ring (bicyclic) bond motifs is 1. The van der Waals surface area contributed by atoms with Gasteiger partial charge in [-0.15, -0.1) is 0 Å². The summed E-state index contributed by atoms with van der Waals surface area (Å²) >= 11 is 0. The smallest absolute Gasteiger partial charge is 0.255 e. The van der Waals surface area contributed by atoms with Gasteiger partial charge in [-0.1, -0.05) is 0 Å². The van der Waals surface area contributed by atoms with Crippen molar-refractivity contribution < 1.29 is 18.3 Å². The highest BCUT2D eigenvalue weighted by Crippen LogP contribution is 2.40. The minimum absolute atomic E-state index is 0.238. The first kappa shape index (κ1) is 20.8. The molecule has 0 radical (unpaired) electrons. The van der Waals surface area contributed by atoms with Crippen LogP contribution in [-0.4, -0.2) is 54.6 Å². The molecule has 31 heavy (non-hydrogen) atoms. The van der Waals surface area contributed by atoms with Crippen LogP contribution in [0, 0.1) is 11.6 Å². The first-order valence-electron chi connectivity index (χ1n) is 9.91. The number of likely N-dealkylation sites (N-methyl/N-ethyl adjacent to an activating group) is 1. The van der Waals surface area contributed by atoms with Crippen LogP contribution in [0.25, 0.3) is 11.3 Å². The van der Waals surface area contributed by atoms with E-state index in [1.54, 1.807) is 18.5 Å². The maximum Gasteiger partial charge on any atom is 0.255 e. The summed E-state index contributed by atoms with van der Waals surface area (Å²) in [5, 5.41) is 5.93. The van der Waals surface area contributed by atoms with Crippen molar-refractivity contribution >= 4 is 17.3 Å². The molecule has 1 aliphatic rings. The Hall–Kier alpha value is -3.46. The van der Waals surface area contributed by atoms with Crippen LogP contribution in [0.1, 0.15) is 16.1 Å². The molecular formula is C22H23F2N5O2. The van der Waals surface area contributed by atoms with Gasteiger partial charge in [0, 0.05) is 48.7 Å². The number of halogens is 2. The van der Waals surface area contributed by atoms with Crippen LogP contribution in [0.2, 0.25) is 0 Å². The number of anilines is 2. The highest BCUT2D eigenvalue weighted by molar-refractivity contribution is 6.06. The Balaban J connectivity index is 1.78. The Bertz CT molecular complexity index is 1110. The monoisotopic (exact) mass is 427 g/mol. The van der Waals surface area contributed by atoms with E-state index >= 15 is 0 Å². The van der Waals surface area contributed by atoms with Crippen LogP contribution in [0.15, 0.2) is 36.7 Å². The molecular weight excluding hydrogens is 404 g/mol. The summed E-state index contributed by atoms with van der Waals surface area (Å²) < 4.78 is 33.1. The van der Waals surface area contributed by atoms with E-state index in [9.17, 15) is 13.6 Å². The molecule has 0 bridgehead atoms. The van der Waals surface area contributed by atoms with Crippen LogP contribution in [0.5, 0.6) is 5.75 Å². The molecule has 3 heterocycles. The Kier molecular flexibility index (Phi) is 5.85. The van der Waals surface area contributed by atoms with E-state index < -0.39 is 11.6 Å². The molecule has 0 unspecified atom stereocenters. The highest BCUT2D eigenvalue weighted by Gasteiger charge is 2.28. The third-order valence-electron chi connectivity index (χ3n) is 5.00. The number of amides is 1. The molecule has 1 amide bonds. The number of aromatic nitrogens is 2. The van der Waals surface area contributed by atoms with E-state index in [0.717, 1.165) is 24.4 Å². The Morgan fingerprint density at radius 1 is 1.23 bits per heavy atom. The molecule has 0 fully saturated rings. The van der Waals surface area contributed by atoms with Crippen molar-refractivity contribution in [3.63, 3.8) is 0 Å². The predicted octanol–water partition coefficient (Wildman–Crippen LogP) is 3.32. The largest absolute Gasteiger partial charge is 0.490 e. The lowest BCUT2D eigenvalue weighted by Crippen LogP contribution is -2.31. The Labute approximate surface area is 178 Å². The number of carbonyl (C=O) groups excluding carboxylic acids is 1. The summed E-state index contributed by atoms with van der Waals surface area (Å²) in [6.07, 6.45) is 3.87. The lowest BCUT2D eigenvalue weighted by Gasteiger charge is -2.16. The summed E-state index contributed by atoms with van der Waals surface area (Å²) in [5.74, 6) is -1.60. The number of nitrogens with one attached hydrogen (secondary N) is 3. The number of hydrogen-bond acceptors (Lipinski definition) is 5. The van der Waals surface area contributed by atoms with Crippen LogP contribution in [0.3, 0.4) is 0 Å².